The predicted molar refractivity (Wildman–Crippen MR) is 108 cm³/mol. The number of anilines is 2. The molecule has 0 saturated carbocycles. The largest absolute Gasteiger partial charge is 0.345 e. The number of hydrogen-bond donors (Lipinski definition) is 2. The molecule has 2 N–H and O–H groups in total. The molecule has 0 aliphatic rings. The van der Waals surface area contributed by atoms with E-state index >= 15 is 0 Å². The van der Waals surface area contributed by atoms with Crippen LogP contribution in [0.3, 0.4) is 0 Å². The summed E-state index contributed by atoms with van der Waals surface area (Å²) in [6.07, 6.45) is 0. The molecular weight excluding hydrogens is 342 g/mol. The van der Waals surface area contributed by atoms with Crippen molar-refractivity contribution in [1.29, 1.82) is 0 Å². The van der Waals surface area contributed by atoms with Crippen LogP contribution in [-0.4, -0.2) is 10.9 Å². The summed E-state index contributed by atoms with van der Waals surface area (Å²) in [5, 5.41) is 7.11. The van der Waals surface area contributed by atoms with Gasteiger partial charge >= 0.3 is 0 Å². The lowest BCUT2D eigenvalue weighted by atomic mass is 10.1. The molecule has 0 radical (unpaired) electrons. The second-order valence-electron chi connectivity index (χ2n) is 6.48. The summed E-state index contributed by atoms with van der Waals surface area (Å²) in [5.41, 5.74) is 5.20. The van der Waals surface area contributed by atoms with E-state index in [1.807, 2.05) is 50.2 Å². The summed E-state index contributed by atoms with van der Waals surface area (Å²) in [4.78, 5) is 17.8. The van der Waals surface area contributed by atoms with Crippen LogP contribution in [0.25, 0.3) is 0 Å². The molecule has 1 unspecified atom stereocenters. The summed E-state index contributed by atoms with van der Waals surface area (Å²) in [6, 6.07) is 16.1. The van der Waals surface area contributed by atoms with Gasteiger partial charge in [-0.15, -0.1) is 0 Å². The molecule has 134 valence electrons. The molecule has 3 rings (SSSR count). The molecule has 2 aromatic carbocycles. The van der Waals surface area contributed by atoms with Crippen LogP contribution >= 0.6 is 11.3 Å². The molecular formula is C21H23N3OS. The van der Waals surface area contributed by atoms with E-state index in [2.05, 4.69) is 41.6 Å². The normalized spacial score (nSPS) is 11.8. The van der Waals surface area contributed by atoms with Crippen LogP contribution in [0.1, 0.15) is 45.0 Å². The maximum Gasteiger partial charge on any atom is 0.263 e. The highest BCUT2D eigenvalue weighted by Gasteiger charge is 2.18. The Morgan fingerprint density at radius 3 is 2.50 bits per heavy atom. The highest BCUT2D eigenvalue weighted by Crippen LogP contribution is 2.28. The standard InChI is InChI=1S/C21H23N3OS/c1-13-10-11-18(14(2)12-13)24-21-23-16(4)19(26-21)20(25)22-15(3)17-8-6-5-7-9-17/h5-12,15H,1-4H3,(H,22,25)(H,23,24). The first kappa shape index (κ1) is 18.1. The molecule has 1 atom stereocenters. The molecule has 1 heterocycles. The van der Waals surface area contributed by atoms with E-state index in [0.717, 1.165) is 27.6 Å². The van der Waals surface area contributed by atoms with E-state index in [0.29, 0.717) is 4.88 Å². The zero-order valence-electron chi connectivity index (χ0n) is 15.5. The maximum atomic E-state index is 12.7. The summed E-state index contributed by atoms with van der Waals surface area (Å²) in [5.74, 6) is -0.0926. The second-order valence-corrected chi connectivity index (χ2v) is 7.48. The van der Waals surface area contributed by atoms with Crippen molar-refractivity contribution < 1.29 is 4.79 Å². The Morgan fingerprint density at radius 2 is 1.81 bits per heavy atom. The predicted octanol–water partition coefficient (Wildman–Crippen LogP) is 5.30. The summed E-state index contributed by atoms with van der Waals surface area (Å²) >= 11 is 1.38. The fourth-order valence-electron chi connectivity index (χ4n) is 2.82. The highest BCUT2D eigenvalue weighted by molar-refractivity contribution is 7.17. The first-order chi connectivity index (χ1) is 12.4. The van der Waals surface area contributed by atoms with Gasteiger partial charge < -0.3 is 10.6 Å². The van der Waals surface area contributed by atoms with E-state index in [1.165, 1.54) is 16.9 Å². The van der Waals surface area contributed by atoms with E-state index in [-0.39, 0.29) is 11.9 Å². The van der Waals surface area contributed by atoms with Crippen LogP contribution < -0.4 is 10.6 Å². The Bertz CT molecular complexity index is 918. The lowest BCUT2D eigenvalue weighted by molar-refractivity contribution is 0.0943. The molecule has 0 aliphatic carbocycles. The number of benzene rings is 2. The van der Waals surface area contributed by atoms with Gasteiger partial charge in [-0.2, -0.15) is 0 Å². The SMILES string of the molecule is Cc1ccc(Nc2nc(C)c(C(=O)NC(C)c3ccccc3)s2)c(C)c1. The van der Waals surface area contributed by atoms with Crippen molar-refractivity contribution in [1.82, 2.24) is 10.3 Å². The maximum absolute atomic E-state index is 12.7. The van der Waals surface area contributed by atoms with Gasteiger partial charge in [-0.25, -0.2) is 4.98 Å². The molecule has 0 spiro atoms. The molecule has 26 heavy (non-hydrogen) atoms. The van der Waals surface area contributed by atoms with Crippen LogP contribution in [0.5, 0.6) is 0 Å². The topological polar surface area (TPSA) is 54.0 Å². The number of aromatic nitrogens is 1. The van der Waals surface area contributed by atoms with Gasteiger partial charge in [0.25, 0.3) is 5.91 Å². The van der Waals surface area contributed by atoms with Crippen molar-refractivity contribution in [3.8, 4) is 0 Å². The number of carbonyl (C=O) groups excluding carboxylic acids is 1. The Kier molecular flexibility index (Phi) is 5.38. The number of hydrogen-bond acceptors (Lipinski definition) is 4. The van der Waals surface area contributed by atoms with Gasteiger partial charge in [0.1, 0.15) is 4.88 Å². The minimum atomic E-state index is -0.0926. The van der Waals surface area contributed by atoms with Crippen molar-refractivity contribution in [3.63, 3.8) is 0 Å². The van der Waals surface area contributed by atoms with Crippen LogP contribution in [0.15, 0.2) is 48.5 Å². The molecule has 3 aromatic rings. The van der Waals surface area contributed by atoms with Crippen LogP contribution in [-0.2, 0) is 0 Å². The zero-order valence-corrected chi connectivity index (χ0v) is 16.3. The van der Waals surface area contributed by atoms with Gasteiger partial charge in [0.05, 0.1) is 11.7 Å². The third-order valence-corrected chi connectivity index (χ3v) is 5.35. The van der Waals surface area contributed by atoms with Crippen molar-refractivity contribution in [2.45, 2.75) is 33.7 Å². The van der Waals surface area contributed by atoms with Gasteiger partial charge in [-0.3, -0.25) is 4.79 Å². The average Bonchev–Trinajstić information content (AvgIpc) is 2.98. The molecule has 5 heteroatoms. The average molecular weight is 366 g/mol. The van der Waals surface area contributed by atoms with E-state index in [9.17, 15) is 4.79 Å². The molecule has 4 nitrogen and oxygen atoms in total. The molecule has 1 amide bonds. The Labute approximate surface area is 158 Å². The number of carbonyl (C=O) groups is 1. The van der Waals surface area contributed by atoms with Crippen molar-refractivity contribution in [2.24, 2.45) is 0 Å². The van der Waals surface area contributed by atoms with Crippen molar-refractivity contribution in [3.05, 3.63) is 75.8 Å². The number of amides is 1. The summed E-state index contributed by atoms with van der Waals surface area (Å²) in [6.45, 7) is 7.98. The summed E-state index contributed by atoms with van der Waals surface area (Å²) in [7, 11) is 0. The van der Waals surface area contributed by atoms with E-state index in [1.54, 1.807) is 0 Å². The van der Waals surface area contributed by atoms with Gasteiger partial charge in [-0.05, 0) is 44.9 Å². The van der Waals surface area contributed by atoms with Gasteiger partial charge in [0, 0.05) is 5.69 Å². The van der Waals surface area contributed by atoms with Gasteiger partial charge in [0.2, 0.25) is 0 Å². The first-order valence-corrected chi connectivity index (χ1v) is 9.43. The molecule has 1 aromatic heterocycles. The zero-order chi connectivity index (χ0) is 18.7. The van der Waals surface area contributed by atoms with Gasteiger partial charge in [0.15, 0.2) is 5.13 Å². The number of nitrogens with one attached hydrogen (secondary N) is 2. The Morgan fingerprint density at radius 1 is 1.08 bits per heavy atom. The molecule has 0 saturated heterocycles. The van der Waals surface area contributed by atoms with Crippen molar-refractivity contribution >= 4 is 28.1 Å². The lowest BCUT2D eigenvalue weighted by Crippen LogP contribution is -2.26. The third kappa shape index (κ3) is 4.11. The number of rotatable bonds is 5. The monoisotopic (exact) mass is 365 g/mol. The smallest absolute Gasteiger partial charge is 0.263 e. The number of nitrogens with zero attached hydrogens (tertiary/aromatic N) is 1. The van der Waals surface area contributed by atoms with Crippen LogP contribution in [0.2, 0.25) is 0 Å². The lowest BCUT2D eigenvalue weighted by Gasteiger charge is -2.13. The van der Waals surface area contributed by atoms with E-state index < -0.39 is 0 Å². The fraction of sp³-hybridized carbons (Fsp3) is 0.238. The molecule has 0 fully saturated rings. The Hall–Kier alpha value is -2.66. The Balaban J connectivity index is 1.74. The fourth-order valence-corrected chi connectivity index (χ4v) is 3.70. The highest BCUT2D eigenvalue weighted by atomic mass is 32.1. The number of aryl methyl sites for hydroxylation is 3. The minimum Gasteiger partial charge on any atom is -0.345 e. The quantitative estimate of drug-likeness (QED) is 0.645. The molecule has 0 bridgehead atoms. The molecule has 0 aliphatic heterocycles. The van der Waals surface area contributed by atoms with Gasteiger partial charge in [-0.1, -0.05) is 59.4 Å². The first-order valence-electron chi connectivity index (χ1n) is 8.61. The van der Waals surface area contributed by atoms with E-state index in [4.69, 9.17) is 0 Å². The second kappa shape index (κ2) is 7.70. The minimum absolute atomic E-state index is 0.0547. The number of thiazole rings is 1. The van der Waals surface area contributed by atoms with Crippen molar-refractivity contribution in [2.75, 3.05) is 5.32 Å². The van der Waals surface area contributed by atoms with Crippen LogP contribution in [0.4, 0.5) is 10.8 Å². The summed E-state index contributed by atoms with van der Waals surface area (Å²) < 4.78 is 0. The van der Waals surface area contributed by atoms with Crippen LogP contribution in [0, 0.1) is 20.8 Å². The third-order valence-electron chi connectivity index (χ3n) is 4.27.